The Morgan fingerprint density at radius 2 is 1.13 bits per heavy atom. The van der Waals surface area contributed by atoms with Crippen LogP contribution in [0.3, 0.4) is 0 Å². The second-order valence-electron chi connectivity index (χ2n) is 22.2. The molecular formula is C56H79N17O14S2. The van der Waals surface area contributed by atoms with Crippen molar-refractivity contribution in [2.75, 3.05) is 37.7 Å². The maximum absolute atomic E-state index is 14.7. The molecule has 11 unspecified atom stereocenters. The molecule has 33 heteroatoms. The molecule has 2 saturated heterocycles. The summed E-state index contributed by atoms with van der Waals surface area (Å²) in [5, 5.41) is 43.0. The number of aromatic amines is 3. The van der Waals surface area contributed by atoms with E-state index in [0.717, 1.165) is 0 Å². The number of hydrogen-bond acceptors (Lipinski definition) is 18. The second-order valence-corrected chi connectivity index (χ2v) is 23.0. The van der Waals surface area contributed by atoms with E-state index in [0.29, 0.717) is 47.1 Å². The van der Waals surface area contributed by atoms with Crippen LogP contribution in [0, 0.1) is 5.92 Å². The molecule has 5 heterocycles. The first-order valence-electron chi connectivity index (χ1n) is 29.0. The van der Waals surface area contributed by atoms with Gasteiger partial charge in [0.15, 0.2) is 0 Å². The zero-order chi connectivity index (χ0) is 65.1. The number of carboxylic acid groups (broad SMARTS) is 1. The zero-order valence-corrected chi connectivity index (χ0v) is 51.4. The summed E-state index contributed by atoms with van der Waals surface area (Å²) in [6, 6.07) is -6.81. The highest BCUT2D eigenvalue weighted by molar-refractivity contribution is 7.80. The monoisotopic (exact) mass is 1280 g/mol. The Labute approximate surface area is 522 Å². The number of fused-ring (bicyclic) bond motifs is 1. The van der Waals surface area contributed by atoms with Gasteiger partial charge in [-0.15, -0.1) is 0 Å². The molecule has 11 atom stereocenters. The van der Waals surface area contributed by atoms with Gasteiger partial charge < -0.3 is 88.5 Å². The lowest BCUT2D eigenvalue weighted by Gasteiger charge is -2.31. The molecule has 2 aliphatic heterocycles. The number of carbonyl (C=O) groups is 12. The summed E-state index contributed by atoms with van der Waals surface area (Å²) in [5.74, 6) is -10.6. The lowest BCUT2D eigenvalue weighted by molar-refractivity contribution is -0.142. The Morgan fingerprint density at radius 1 is 0.607 bits per heavy atom. The van der Waals surface area contributed by atoms with Crippen LogP contribution in [0.15, 0.2) is 55.5 Å². The van der Waals surface area contributed by atoms with Crippen molar-refractivity contribution in [1.82, 2.24) is 82.6 Å². The number of likely N-dealkylation sites (tertiary alicyclic amines) is 2. The van der Waals surface area contributed by atoms with E-state index in [9.17, 15) is 67.7 Å². The highest BCUT2D eigenvalue weighted by Crippen LogP contribution is 2.23. The minimum absolute atomic E-state index is 0.0105. The Bertz CT molecular complexity index is 3150. The molecule has 89 heavy (non-hydrogen) atoms. The van der Waals surface area contributed by atoms with Crippen molar-refractivity contribution in [1.29, 1.82) is 0 Å². The molecule has 0 saturated carbocycles. The summed E-state index contributed by atoms with van der Waals surface area (Å²) in [5.41, 5.74) is 8.49. The number of carbonyl (C=O) groups excluding carboxylic acids is 11. The fraction of sp³-hybridized carbons (Fsp3) is 0.536. The average Bonchev–Trinajstić information content (AvgIpc) is 1.99. The number of para-hydroxylation sites is 1. The van der Waals surface area contributed by atoms with Gasteiger partial charge in [0.1, 0.15) is 60.4 Å². The van der Waals surface area contributed by atoms with E-state index in [2.05, 4.69) is 98.0 Å². The number of nitrogens with zero attached hydrogens (tertiary/aromatic N) is 4. The van der Waals surface area contributed by atoms with Gasteiger partial charge in [-0.05, 0) is 63.5 Å². The third kappa shape index (κ3) is 19.5. The van der Waals surface area contributed by atoms with Crippen molar-refractivity contribution in [3.8, 4) is 0 Å². The number of hydrogen-bond donors (Lipinski definition) is 17. The predicted molar refractivity (Wildman–Crippen MR) is 326 cm³/mol. The van der Waals surface area contributed by atoms with Crippen molar-refractivity contribution >= 4 is 107 Å². The van der Waals surface area contributed by atoms with Crippen molar-refractivity contribution in [3.05, 3.63) is 72.5 Å². The Balaban J connectivity index is 1.12. The smallest absolute Gasteiger partial charge is 0.325 e. The minimum atomic E-state index is -1.69. The average molecular weight is 1280 g/mol. The molecule has 6 rings (SSSR count). The van der Waals surface area contributed by atoms with Gasteiger partial charge >= 0.3 is 5.97 Å². The van der Waals surface area contributed by atoms with Crippen LogP contribution in [0.25, 0.3) is 10.9 Å². The number of nitrogens with one attached hydrogen (secondary N) is 12. The number of aromatic nitrogens is 5. The maximum Gasteiger partial charge on any atom is 0.325 e. The van der Waals surface area contributed by atoms with E-state index in [-0.39, 0.29) is 62.6 Å². The summed E-state index contributed by atoms with van der Waals surface area (Å²) in [6.45, 7) is 4.76. The predicted octanol–water partition coefficient (Wildman–Crippen LogP) is -4.03. The van der Waals surface area contributed by atoms with Crippen LogP contribution in [-0.4, -0.2) is 220 Å². The molecule has 31 nitrogen and oxygen atoms in total. The number of aliphatic hydroxyl groups is 1. The molecule has 4 aromatic rings. The number of H-pyrrole nitrogens is 3. The fourth-order valence-corrected chi connectivity index (χ4v) is 10.8. The molecule has 2 aliphatic rings. The van der Waals surface area contributed by atoms with Gasteiger partial charge in [0.25, 0.3) is 0 Å². The summed E-state index contributed by atoms with van der Waals surface area (Å²) >= 11 is 8.43. The molecule has 2 fully saturated rings. The summed E-state index contributed by atoms with van der Waals surface area (Å²) < 4.78 is 0. The third-order valence-electron chi connectivity index (χ3n) is 15.0. The molecular weight excluding hydrogens is 1200 g/mol. The number of carboxylic acids is 1. The van der Waals surface area contributed by atoms with Gasteiger partial charge in [-0.25, -0.2) is 9.97 Å². The number of rotatable bonds is 32. The minimum Gasteiger partial charge on any atom is -0.480 e. The molecule has 0 spiro atoms. The highest BCUT2D eigenvalue weighted by atomic mass is 32.1. The number of amides is 11. The Kier molecular flexibility index (Phi) is 25.9. The normalized spacial score (nSPS) is 17.8. The molecule has 11 amide bonds. The van der Waals surface area contributed by atoms with E-state index in [1.807, 2.05) is 0 Å². The van der Waals surface area contributed by atoms with Gasteiger partial charge in [-0.3, -0.25) is 57.5 Å². The molecule has 16 N–H and O–H groups in total. The second kappa shape index (κ2) is 33.1. The first-order valence-corrected chi connectivity index (χ1v) is 30.3. The van der Waals surface area contributed by atoms with Gasteiger partial charge in [0.2, 0.25) is 65.0 Å². The summed E-state index contributed by atoms with van der Waals surface area (Å²) in [6.07, 6.45) is 8.57. The van der Waals surface area contributed by atoms with Crippen molar-refractivity contribution in [3.63, 3.8) is 0 Å². The summed E-state index contributed by atoms with van der Waals surface area (Å²) in [7, 11) is 0. The van der Waals surface area contributed by atoms with Crippen molar-refractivity contribution < 1.29 is 67.7 Å². The zero-order valence-electron chi connectivity index (χ0n) is 49.6. The standard InChI is InChI=1S/C56H79N17O14S2/c1-28(2)15-37(48(78)69-39(18-33-21-59-27-63-33)55(85)73-14-8-12-44(73)53(83)71-42(25-89)51(81)64-29(3)46(76)65-30(4)56(86)87)67-49(79)38(16-31-19-60-36-10-6-5-9-34(31)36)68-50(80)40(23-74)66-45(75)22-61-47(77)41(24-88)70-52(82)43-11-7-13-72(43)54(84)35(57)17-32-20-58-26-62-32/h5-6,9-10,19-21,26-30,35,37-44,60,74,88-89H,7-8,11-18,22-25,57H2,1-4H3,(H,58,62)(H,59,63)(H,61,77)(H,64,81)(H,65,76)(H,66,75)(H,67,79)(H,68,80)(H,69,78)(H,70,82)(H,71,83)(H,86,87). The number of nitrogens with two attached hydrogens (primary N) is 1. The number of aliphatic carboxylic acids is 1. The lowest BCUT2D eigenvalue weighted by atomic mass is 10.00. The third-order valence-corrected chi connectivity index (χ3v) is 15.8. The topological polar surface area (TPSA) is 459 Å². The lowest BCUT2D eigenvalue weighted by Crippen LogP contribution is -2.61. The van der Waals surface area contributed by atoms with Crippen LogP contribution < -0.4 is 53.6 Å². The van der Waals surface area contributed by atoms with E-state index < -0.39 is 151 Å². The number of thiol groups is 2. The van der Waals surface area contributed by atoms with Crippen LogP contribution in [0.4, 0.5) is 0 Å². The first-order chi connectivity index (χ1) is 42.4. The molecule has 1 aromatic carbocycles. The van der Waals surface area contributed by atoms with Gasteiger partial charge in [-0.2, -0.15) is 25.3 Å². The van der Waals surface area contributed by atoms with Crippen LogP contribution in [0.5, 0.6) is 0 Å². The van der Waals surface area contributed by atoms with E-state index in [4.69, 9.17) is 5.73 Å². The number of aliphatic hydroxyl groups excluding tert-OH is 1. The Hall–Kier alpha value is -8.56. The van der Waals surface area contributed by atoms with Crippen LogP contribution in [0.1, 0.15) is 76.8 Å². The Morgan fingerprint density at radius 3 is 1.71 bits per heavy atom. The first kappa shape index (κ1) is 69.5. The van der Waals surface area contributed by atoms with E-state index in [1.165, 1.54) is 48.7 Å². The summed E-state index contributed by atoms with van der Waals surface area (Å²) in [4.78, 5) is 182. The van der Waals surface area contributed by atoms with Crippen LogP contribution >= 0.6 is 25.3 Å². The quantitative estimate of drug-likeness (QED) is 0.0207. The van der Waals surface area contributed by atoms with E-state index in [1.54, 1.807) is 44.3 Å². The van der Waals surface area contributed by atoms with Gasteiger partial charge in [0.05, 0.1) is 31.8 Å². The molecule has 0 aliphatic carbocycles. The van der Waals surface area contributed by atoms with Crippen molar-refractivity contribution in [2.45, 2.75) is 146 Å². The van der Waals surface area contributed by atoms with Crippen LogP contribution in [-0.2, 0) is 76.8 Å². The highest BCUT2D eigenvalue weighted by Gasteiger charge is 2.42. The molecule has 0 radical (unpaired) electrons. The number of imidazole rings is 2. The van der Waals surface area contributed by atoms with E-state index >= 15 is 0 Å². The largest absolute Gasteiger partial charge is 0.480 e. The maximum atomic E-state index is 14.7. The fourth-order valence-electron chi connectivity index (χ4n) is 10.2. The van der Waals surface area contributed by atoms with Gasteiger partial charge in [-0.1, -0.05) is 32.0 Å². The van der Waals surface area contributed by atoms with Crippen LogP contribution in [0.2, 0.25) is 0 Å². The van der Waals surface area contributed by atoms with Gasteiger partial charge in [0, 0.05) is 84.7 Å². The SMILES string of the molecule is CC(C)CC(NC(=O)C(Cc1c[nH]c2ccccc12)NC(=O)C(CO)NC(=O)CNC(=O)C(CS)NC(=O)C1CCCN1C(=O)C(N)Cc1cnc[nH]1)C(=O)NC(Cc1cnc[nH]1)C(=O)N1CCCC1C(=O)NC(CS)C(=O)NC(C)C(=O)NC(C)C(=O)O. The molecule has 3 aromatic heterocycles. The molecule has 484 valence electrons. The number of benzene rings is 1. The molecule has 0 bridgehead atoms. The van der Waals surface area contributed by atoms with Crippen molar-refractivity contribution in [2.24, 2.45) is 11.7 Å².